The van der Waals surface area contributed by atoms with Gasteiger partial charge in [-0.15, -0.1) is 0 Å². The SMILES string of the molecule is CC(C)C(=O)N1CCN(C(=O)C(C)NC(=O)c2ccccc2Cl)CC1. The molecule has 7 heteroatoms. The van der Waals surface area contributed by atoms with Crippen molar-refractivity contribution >= 4 is 29.3 Å². The summed E-state index contributed by atoms with van der Waals surface area (Å²) in [5.74, 6) is -0.472. The summed E-state index contributed by atoms with van der Waals surface area (Å²) in [7, 11) is 0. The molecule has 1 heterocycles. The summed E-state index contributed by atoms with van der Waals surface area (Å²) >= 11 is 6.01. The molecule has 0 saturated carbocycles. The van der Waals surface area contributed by atoms with E-state index in [0.717, 1.165) is 0 Å². The van der Waals surface area contributed by atoms with E-state index in [4.69, 9.17) is 11.6 Å². The van der Waals surface area contributed by atoms with Crippen molar-refractivity contribution in [2.45, 2.75) is 26.8 Å². The van der Waals surface area contributed by atoms with Crippen LogP contribution in [0.4, 0.5) is 0 Å². The van der Waals surface area contributed by atoms with Gasteiger partial charge in [-0.1, -0.05) is 37.6 Å². The summed E-state index contributed by atoms with van der Waals surface area (Å²) in [5, 5.41) is 3.04. The van der Waals surface area contributed by atoms with Gasteiger partial charge in [0.15, 0.2) is 0 Å². The molecule has 25 heavy (non-hydrogen) atoms. The highest BCUT2D eigenvalue weighted by molar-refractivity contribution is 6.33. The van der Waals surface area contributed by atoms with Crippen LogP contribution in [0.25, 0.3) is 0 Å². The number of nitrogens with one attached hydrogen (secondary N) is 1. The quantitative estimate of drug-likeness (QED) is 0.884. The Morgan fingerprint density at radius 3 is 2.00 bits per heavy atom. The predicted molar refractivity (Wildman–Crippen MR) is 96.4 cm³/mol. The van der Waals surface area contributed by atoms with Gasteiger partial charge in [0, 0.05) is 32.1 Å². The lowest BCUT2D eigenvalue weighted by Crippen LogP contribution is -2.55. The number of carbonyl (C=O) groups is 3. The van der Waals surface area contributed by atoms with E-state index in [1.807, 2.05) is 13.8 Å². The molecule has 1 aliphatic heterocycles. The van der Waals surface area contributed by atoms with Crippen LogP contribution in [-0.2, 0) is 9.59 Å². The summed E-state index contributed by atoms with van der Waals surface area (Å²) in [6, 6.07) is 6.05. The second kappa shape index (κ2) is 8.34. The zero-order chi connectivity index (χ0) is 18.6. The van der Waals surface area contributed by atoms with Crippen LogP contribution in [0.5, 0.6) is 0 Å². The van der Waals surface area contributed by atoms with E-state index >= 15 is 0 Å². The largest absolute Gasteiger partial charge is 0.340 e. The molecule has 1 aromatic carbocycles. The lowest BCUT2D eigenvalue weighted by molar-refractivity contribution is -0.142. The van der Waals surface area contributed by atoms with Crippen molar-refractivity contribution in [2.24, 2.45) is 5.92 Å². The Balaban J connectivity index is 1.90. The highest BCUT2D eigenvalue weighted by Gasteiger charge is 2.28. The second-order valence-electron chi connectivity index (χ2n) is 6.48. The first-order valence-corrected chi connectivity index (χ1v) is 8.82. The van der Waals surface area contributed by atoms with Gasteiger partial charge in [-0.3, -0.25) is 14.4 Å². The normalized spacial score (nSPS) is 15.9. The van der Waals surface area contributed by atoms with E-state index in [2.05, 4.69) is 5.32 Å². The predicted octanol–water partition coefficient (Wildman–Crippen LogP) is 1.79. The minimum atomic E-state index is -0.656. The average Bonchev–Trinajstić information content (AvgIpc) is 2.60. The molecular weight excluding hydrogens is 342 g/mol. The van der Waals surface area contributed by atoms with Gasteiger partial charge in [0.2, 0.25) is 11.8 Å². The molecule has 1 aliphatic rings. The molecule has 0 aromatic heterocycles. The van der Waals surface area contributed by atoms with E-state index in [-0.39, 0.29) is 23.6 Å². The standard InChI is InChI=1S/C18H24ClN3O3/c1-12(2)17(24)21-8-10-22(11-9-21)18(25)13(3)20-16(23)14-6-4-5-7-15(14)19/h4-7,12-13H,8-11H2,1-3H3,(H,20,23). The molecular formula is C18H24ClN3O3. The fourth-order valence-corrected chi connectivity index (χ4v) is 2.99. The molecule has 1 atom stereocenters. The smallest absolute Gasteiger partial charge is 0.253 e. The van der Waals surface area contributed by atoms with Crippen LogP contribution in [0, 0.1) is 5.92 Å². The van der Waals surface area contributed by atoms with Crippen molar-refractivity contribution in [3.8, 4) is 0 Å². The summed E-state index contributed by atoms with van der Waals surface area (Å²) in [6.45, 7) is 7.39. The van der Waals surface area contributed by atoms with Crippen LogP contribution in [0.15, 0.2) is 24.3 Å². The number of piperazine rings is 1. The zero-order valence-corrected chi connectivity index (χ0v) is 15.5. The monoisotopic (exact) mass is 365 g/mol. The molecule has 1 fully saturated rings. The number of hydrogen-bond acceptors (Lipinski definition) is 3. The van der Waals surface area contributed by atoms with Crippen molar-refractivity contribution in [2.75, 3.05) is 26.2 Å². The molecule has 3 amide bonds. The lowest BCUT2D eigenvalue weighted by atomic mass is 10.1. The molecule has 1 saturated heterocycles. The van der Waals surface area contributed by atoms with Gasteiger partial charge in [0.25, 0.3) is 5.91 Å². The van der Waals surface area contributed by atoms with Gasteiger partial charge < -0.3 is 15.1 Å². The minimum Gasteiger partial charge on any atom is -0.340 e. The Kier molecular flexibility index (Phi) is 6.42. The fraction of sp³-hybridized carbons (Fsp3) is 0.500. The third-order valence-corrected chi connectivity index (χ3v) is 4.56. The molecule has 136 valence electrons. The average molecular weight is 366 g/mol. The Morgan fingerprint density at radius 2 is 1.48 bits per heavy atom. The van der Waals surface area contributed by atoms with Crippen LogP contribution in [0.3, 0.4) is 0 Å². The van der Waals surface area contributed by atoms with Gasteiger partial charge in [0.1, 0.15) is 6.04 Å². The van der Waals surface area contributed by atoms with Gasteiger partial charge >= 0.3 is 0 Å². The van der Waals surface area contributed by atoms with E-state index in [0.29, 0.717) is 36.8 Å². The first-order valence-electron chi connectivity index (χ1n) is 8.44. The van der Waals surface area contributed by atoms with Gasteiger partial charge in [-0.2, -0.15) is 0 Å². The van der Waals surface area contributed by atoms with E-state index in [1.54, 1.807) is 41.0 Å². The molecule has 1 aromatic rings. The number of carbonyl (C=O) groups excluding carboxylic acids is 3. The van der Waals surface area contributed by atoms with Crippen molar-refractivity contribution in [1.82, 2.24) is 15.1 Å². The molecule has 0 spiro atoms. The Hall–Kier alpha value is -2.08. The highest BCUT2D eigenvalue weighted by atomic mass is 35.5. The zero-order valence-electron chi connectivity index (χ0n) is 14.8. The second-order valence-corrected chi connectivity index (χ2v) is 6.89. The van der Waals surface area contributed by atoms with Crippen LogP contribution in [0.1, 0.15) is 31.1 Å². The Labute approximate surface area is 153 Å². The number of hydrogen-bond donors (Lipinski definition) is 1. The molecule has 0 bridgehead atoms. The summed E-state index contributed by atoms with van der Waals surface area (Å²) < 4.78 is 0. The molecule has 6 nitrogen and oxygen atoms in total. The maximum absolute atomic E-state index is 12.5. The van der Waals surface area contributed by atoms with Crippen molar-refractivity contribution < 1.29 is 14.4 Å². The third kappa shape index (κ3) is 4.72. The number of nitrogens with zero attached hydrogens (tertiary/aromatic N) is 2. The number of rotatable bonds is 4. The number of amides is 3. The first-order chi connectivity index (χ1) is 11.8. The van der Waals surface area contributed by atoms with Gasteiger partial charge in [-0.05, 0) is 19.1 Å². The fourth-order valence-electron chi connectivity index (χ4n) is 2.77. The van der Waals surface area contributed by atoms with Crippen molar-refractivity contribution in [1.29, 1.82) is 0 Å². The third-order valence-electron chi connectivity index (χ3n) is 4.23. The summed E-state index contributed by atoms with van der Waals surface area (Å²) in [4.78, 5) is 40.3. The highest BCUT2D eigenvalue weighted by Crippen LogP contribution is 2.15. The Morgan fingerprint density at radius 1 is 0.960 bits per heavy atom. The van der Waals surface area contributed by atoms with E-state index in [1.165, 1.54) is 0 Å². The maximum Gasteiger partial charge on any atom is 0.253 e. The lowest BCUT2D eigenvalue weighted by Gasteiger charge is -2.36. The van der Waals surface area contributed by atoms with Gasteiger partial charge in [-0.25, -0.2) is 0 Å². The summed E-state index contributed by atoms with van der Waals surface area (Å²) in [6.07, 6.45) is 0. The van der Waals surface area contributed by atoms with Crippen LogP contribution in [-0.4, -0.2) is 59.7 Å². The van der Waals surface area contributed by atoms with Crippen molar-refractivity contribution in [3.05, 3.63) is 34.9 Å². The molecule has 0 radical (unpaired) electrons. The van der Waals surface area contributed by atoms with E-state index < -0.39 is 6.04 Å². The topological polar surface area (TPSA) is 69.7 Å². The first kappa shape index (κ1) is 19.2. The molecule has 0 aliphatic carbocycles. The number of benzene rings is 1. The van der Waals surface area contributed by atoms with Crippen LogP contribution < -0.4 is 5.32 Å². The molecule has 1 N–H and O–H groups in total. The van der Waals surface area contributed by atoms with E-state index in [9.17, 15) is 14.4 Å². The van der Waals surface area contributed by atoms with Crippen molar-refractivity contribution in [3.63, 3.8) is 0 Å². The molecule has 1 unspecified atom stereocenters. The summed E-state index contributed by atoms with van der Waals surface area (Å²) in [5.41, 5.74) is 0.344. The van der Waals surface area contributed by atoms with Crippen LogP contribution in [0.2, 0.25) is 5.02 Å². The van der Waals surface area contributed by atoms with Gasteiger partial charge in [0.05, 0.1) is 10.6 Å². The minimum absolute atomic E-state index is 0.0453. The Bertz CT molecular complexity index is 655. The number of halogens is 1. The maximum atomic E-state index is 12.5. The van der Waals surface area contributed by atoms with Crippen LogP contribution >= 0.6 is 11.6 Å². The molecule has 2 rings (SSSR count).